The van der Waals surface area contributed by atoms with E-state index in [2.05, 4.69) is 26.6 Å². The Morgan fingerprint density at radius 3 is 2.28 bits per heavy atom. The minimum Gasteiger partial charge on any atom is -0.345 e. The van der Waals surface area contributed by atoms with Crippen LogP contribution in [0.15, 0.2) is 78.9 Å². The van der Waals surface area contributed by atoms with Gasteiger partial charge < -0.3 is 32.3 Å². The number of fused-ring (bicyclic) bond motifs is 1. The second-order valence-corrected chi connectivity index (χ2v) is 15.8. The average molecular weight is 756 g/mol. The molecular weight excluding hydrogens is 707 g/mol. The summed E-state index contributed by atoms with van der Waals surface area (Å²) in [6, 6.07) is 21.9. The first-order valence-corrected chi connectivity index (χ1v) is 19.9. The summed E-state index contributed by atoms with van der Waals surface area (Å²) in [5, 5.41) is 26.6. The first-order chi connectivity index (χ1) is 26.2. The fourth-order valence-electron chi connectivity index (χ4n) is 7.65. The van der Waals surface area contributed by atoms with Crippen molar-refractivity contribution in [3.63, 3.8) is 0 Å². The molecule has 0 spiro atoms. The van der Waals surface area contributed by atoms with Gasteiger partial charge in [-0.05, 0) is 79.8 Å². The van der Waals surface area contributed by atoms with Crippen LogP contribution in [0.25, 0.3) is 0 Å². The predicted octanol–water partition coefficient (Wildman–Crippen LogP) is 4.96. The molecule has 3 aromatic rings. The monoisotopic (exact) mass is 755 g/mol. The fourth-order valence-corrected chi connectivity index (χ4v) is 9.19. The van der Waals surface area contributed by atoms with Gasteiger partial charge in [-0.3, -0.25) is 24.5 Å². The van der Waals surface area contributed by atoms with E-state index in [1.807, 2.05) is 54.2 Å². The van der Waals surface area contributed by atoms with Gasteiger partial charge in [0.2, 0.25) is 17.7 Å². The molecule has 54 heavy (non-hydrogen) atoms. The molecule has 3 fully saturated rings. The summed E-state index contributed by atoms with van der Waals surface area (Å²) in [4.78, 5) is 62.7. The van der Waals surface area contributed by atoms with E-state index < -0.39 is 22.9 Å². The van der Waals surface area contributed by atoms with Crippen molar-refractivity contribution in [3.05, 3.63) is 106 Å². The first kappa shape index (κ1) is 38.8. The lowest BCUT2D eigenvalue weighted by atomic mass is 9.81. The highest BCUT2D eigenvalue weighted by Gasteiger charge is 2.42. The van der Waals surface area contributed by atoms with Gasteiger partial charge in [-0.25, -0.2) is 4.79 Å². The number of rotatable bonds is 16. The summed E-state index contributed by atoms with van der Waals surface area (Å²) in [7, 11) is 0. The van der Waals surface area contributed by atoms with Crippen molar-refractivity contribution in [3.8, 4) is 0 Å². The molecule has 5 atom stereocenters. The maximum atomic E-state index is 13.7. The Hall–Kier alpha value is -4.95. The second kappa shape index (κ2) is 18.4. The number of benzene rings is 3. The molecule has 6 rings (SSSR count). The minimum absolute atomic E-state index is 0.0544. The molecular formula is C40H49N7O6S. The Morgan fingerprint density at radius 2 is 1.59 bits per heavy atom. The summed E-state index contributed by atoms with van der Waals surface area (Å²) in [6.07, 6.45) is 6.24. The van der Waals surface area contributed by atoms with Crippen molar-refractivity contribution in [2.75, 3.05) is 17.6 Å². The van der Waals surface area contributed by atoms with E-state index in [0.29, 0.717) is 48.2 Å². The van der Waals surface area contributed by atoms with E-state index in [1.165, 1.54) is 12.1 Å². The topological polar surface area (TPSA) is 198 Å². The van der Waals surface area contributed by atoms with Gasteiger partial charge in [-0.1, -0.05) is 61.0 Å². The average Bonchev–Trinajstić information content (AvgIpc) is 3.75. The molecule has 0 bridgehead atoms. The highest BCUT2D eigenvalue weighted by Crippen LogP contribution is 2.33. The van der Waals surface area contributed by atoms with Gasteiger partial charge in [0.25, 0.3) is 5.69 Å². The zero-order valence-electron chi connectivity index (χ0n) is 30.2. The Kier molecular flexibility index (Phi) is 13.2. The lowest BCUT2D eigenvalue weighted by Crippen LogP contribution is -2.48. The number of nitro groups is 1. The van der Waals surface area contributed by atoms with Crippen molar-refractivity contribution < 1.29 is 24.1 Å². The van der Waals surface area contributed by atoms with Crippen molar-refractivity contribution >= 4 is 46.9 Å². The molecule has 3 aromatic carbocycles. The van der Waals surface area contributed by atoms with E-state index in [0.717, 1.165) is 49.0 Å². The third-order valence-electron chi connectivity index (χ3n) is 10.8. The van der Waals surface area contributed by atoms with Gasteiger partial charge in [0.1, 0.15) is 6.04 Å². The number of carbonyl (C=O) groups excluding carboxylic acids is 4. The number of anilines is 1. The highest BCUT2D eigenvalue weighted by molar-refractivity contribution is 8.00. The van der Waals surface area contributed by atoms with Crippen molar-refractivity contribution in [1.29, 1.82) is 0 Å². The molecule has 1 saturated carbocycles. The number of thioether (sulfide) groups is 1. The van der Waals surface area contributed by atoms with Crippen LogP contribution in [-0.4, -0.2) is 64.3 Å². The fraction of sp³-hybridized carbons (Fsp3) is 0.450. The van der Waals surface area contributed by atoms with Crippen LogP contribution in [-0.2, 0) is 20.8 Å². The summed E-state index contributed by atoms with van der Waals surface area (Å²) < 4.78 is 0. The molecule has 7 N–H and O–H groups in total. The third-order valence-corrected chi connectivity index (χ3v) is 12.3. The van der Waals surface area contributed by atoms with Crippen LogP contribution in [0, 0.1) is 22.0 Å². The first-order valence-electron chi connectivity index (χ1n) is 18.8. The molecule has 13 nitrogen and oxygen atoms in total. The Bertz CT molecular complexity index is 1770. The van der Waals surface area contributed by atoms with Gasteiger partial charge in [0, 0.05) is 47.6 Å². The summed E-state index contributed by atoms with van der Waals surface area (Å²) >= 11 is 1.87. The maximum absolute atomic E-state index is 13.7. The van der Waals surface area contributed by atoms with E-state index in [4.69, 9.17) is 5.73 Å². The number of nitro benzene ring substituents is 1. The number of nitrogens with zero attached hydrogens (tertiary/aromatic N) is 1. The van der Waals surface area contributed by atoms with Crippen LogP contribution in [0.5, 0.6) is 0 Å². The maximum Gasteiger partial charge on any atom is 0.315 e. The number of carbonyl (C=O) groups is 4. The van der Waals surface area contributed by atoms with Crippen molar-refractivity contribution in [2.45, 2.75) is 87.2 Å². The Morgan fingerprint density at radius 1 is 0.889 bits per heavy atom. The summed E-state index contributed by atoms with van der Waals surface area (Å²) in [5.41, 5.74) is 8.75. The number of urea groups is 1. The zero-order chi connectivity index (χ0) is 38.0. The van der Waals surface area contributed by atoms with Crippen LogP contribution in [0.3, 0.4) is 0 Å². The van der Waals surface area contributed by atoms with E-state index in [9.17, 15) is 29.3 Å². The summed E-state index contributed by atoms with van der Waals surface area (Å²) in [5.74, 6) is 0.451. The van der Waals surface area contributed by atoms with Crippen LogP contribution >= 0.6 is 11.8 Å². The van der Waals surface area contributed by atoms with Gasteiger partial charge in [-0.15, -0.1) is 0 Å². The number of hydrogen-bond donors (Lipinski definition) is 6. The lowest BCUT2D eigenvalue weighted by molar-refractivity contribution is -0.384. The SMILES string of the molecule is NCC1CCC(C(=O)N[C@@H](Cc2ccc([N+](=O)[O-])cc2)C(=O)Nc2ccc(C(NC(=O)CCCC[C@@H]3SC[C@@H]4NC(=O)N[C@@H]43)c3ccccc3)cc2)CC1. The zero-order valence-corrected chi connectivity index (χ0v) is 31.0. The predicted molar refractivity (Wildman–Crippen MR) is 209 cm³/mol. The molecule has 0 radical (unpaired) electrons. The van der Waals surface area contributed by atoms with Gasteiger partial charge in [0.15, 0.2) is 0 Å². The lowest BCUT2D eigenvalue weighted by Gasteiger charge is -2.28. The van der Waals surface area contributed by atoms with Crippen molar-refractivity contribution in [2.24, 2.45) is 17.6 Å². The van der Waals surface area contributed by atoms with Crippen LogP contribution in [0.4, 0.5) is 16.2 Å². The molecule has 2 aliphatic heterocycles. The number of hydrogen-bond acceptors (Lipinski definition) is 8. The van der Waals surface area contributed by atoms with Crippen LogP contribution in [0.2, 0.25) is 0 Å². The minimum atomic E-state index is -0.913. The standard InChI is InChI=1S/C40H49N7O6S/c41-23-26-10-14-29(15-11-26)38(49)43-32(22-25-12-20-31(21-13-25)47(52)53)39(50)42-30-18-16-28(17-19-30)36(27-6-2-1-3-7-27)45-35(48)9-5-4-8-34-37-33(24-54-34)44-40(51)46-37/h1-3,6-7,12-13,16-21,26,29,32-34,36-37H,4-5,8-11,14-15,22-24,41H2,(H,42,50)(H,43,49)(H,45,48)(H2,44,46,51)/t26?,29?,32-,33-,34-,36?,37-/m0/s1. The van der Waals surface area contributed by atoms with E-state index in [1.54, 1.807) is 24.3 Å². The Labute approximate surface area is 319 Å². The third kappa shape index (κ3) is 10.2. The highest BCUT2D eigenvalue weighted by atomic mass is 32.2. The van der Waals surface area contributed by atoms with E-state index in [-0.39, 0.29) is 48.0 Å². The number of non-ortho nitro benzene ring substituents is 1. The quantitative estimate of drug-likeness (QED) is 0.0511. The van der Waals surface area contributed by atoms with Crippen LogP contribution in [0.1, 0.15) is 74.1 Å². The smallest absolute Gasteiger partial charge is 0.315 e. The molecule has 1 aliphatic carbocycles. The molecule has 2 heterocycles. The molecule has 1 unspecified atom stereocenters. The number of nitrogens with two attached hydrogens (primary N) is 1. The molecule has 14 heteroatoms. The molecule has 3 aliphatic rings. The molecule has 5 amide bonds. The largest absolute Gasteiger partial charge is 0.345 e. The number of unbranched alkanes of at least 4 members (excludes halogenated alkanes) is 1. The molecule has 0 aromatic heterocycles. The number of amides is 5. The Balaban J connectivity index is 1.08. The van der Waals surface area contributed by atoms with Gasteiger partial charge in [0.05, 0.1) is 23.0 Å². The van der Waals surface area contributed by atoms with Crippen LogP contribution < -0.4 is 32.3 Å². The summed E-state index contributed by atoms with van der Waals surface area (Å²) in [6.45, 7) is 0.596. The second-order valence-electron chi connectivity index (χ2n) is 14.5. The molecule has 2 saturated heterocycles. The normalized spacial score (nSPS) is 22.9. The molecule has 286 valence electrons. The van der Waals surface area contributed by atoms with Gasteiger partial charge >= 0.3 is 6.03 Å². The van der Waals surface area contributed by atoms with Gasteiger partial charge in [-0.2, -0.15) is 11.8 Å². The number of nitrogens with one attached hydrogen (secondary N) is 5. The van der Waals surface area contributed by atoms with Crippen molar-refractivity contribution in [1.82, 2.24) is 21.3 Å². The van der Waals surface area contributed by atoms with E-state index >= 15 is 0 Å².